The number of anilines is 1. The van der Waals surface area contributed by atoms with Crippen LogP contribution in [0.3, 0.4) is 0 Å². The number of hydrogen-bond acceptors (Lipinski definition) is 3. The van der Waals surface area contributed by atoms with Crippen molar-refractivity contribution < 1.29 is 4.79 Å². The molecule has 1 N–H and O–H groups in total. The lowest BCUT2D eigenvalue weighted by molar-refractivity contribution is -0.115. The Morgan fingerprint density at radius 3 is 2.95 bits per heavy atom. The van der Waals surface area contributed by atoms with Crippen molar-refractivity contribution in [2.75, 3.05) is 5.32 Å². The normalized spacial score (nSPS) is 13.2. The lowest BCUT2D eigenvalue weighted by atomic mass is 10.0. The average Bonchev–Trinajstić information content (AvgIpc) is 2.54. The van der Waals surface area contributed by atoms with Crippen molar-refractivity contribution >= 4 is 11.6 Å². The lowest BCUT2D eigenvalue weighted by Crippen LogP contribution is -2.24. The maximum Gasteiger partial charge on any atom is 0.260 e. The minimum absolute atomic E-state index is 0.0843. The fourth-order valence-electron chi connectivity index (χ4n) is 2.67. The van der Waals surface area contributed by atoms with Crippen molar-refractivity contribution in [1.29, 1.82) is 0 Å². The number of fused-ring (bicyclic) bond motifs is 3. The maximum atomic E-state index is 12.7. The van der Waals surface area contributed by atoms with Crippen LogP contribution in [-0.2, 0) is 17.8 Å². The number of aromatic nitrogens is 2. The zero-order valence-corrected chi connectivity index (χ0v) is 11.4. The van der Waals surface area contributed by atoms with Crippen LogP contribution >= 0.6 is 0 Å². The molecule has 0 aromatic carbocycles. The molecule has 1 aliphatic rings. The van der Waals surface area contributed by atoms with Crippen LogP contribution in [0.2, 0.25) is 0 Å². The summed E-state index contributed by atoms with van der Waals surface area (Å²) in [5, 5.41) is 2.81. The van der Waals surface area contributed by atoms with Gasteiger partial charge >= 0.3 is 0 Å². The van der Waals surface area contributed by atoms with E-state index in [1.54, 1.807) is 16.8 Å². The molecule has 5 nitrogen and oxygen atoms in total. The van der Waals surface area contributed by atoms with Crippen molar-refractivity contribution in [3.8, 4) is 11.1 Å². The zero-order valence-electron chi connectivity index (χ0n) is 11.4. The van der Waals surface area contributed by atoms with Crippen molar-refractivity contribution in [3.63, 3.8) is 0 Å². The Bertz CT molecular complexity index is 762. The first-order chi connectivity index (χ1) is 9.61. The number of nitrogens with zero attached hydrogens (tertiary/aromatic N) is 2. The number of pyridine rings is 2. The standard InChI is InChI=1S/C15H15N3O2/c1-3-18-9(2)7-12-14(15(18)20)10-5-4-6-16-11(10)8-13(19)17-12/h4-7H,3,8H2,1-2H3,(H,17,19). The van der Waals surface area contributed by atoms with E-state index in [-0.39, 0.29) is 17.9 Å². The summed E-state index contributed by atoms with van der Waals surface area (Å²) in [5.41, 5.74) is 3.25. The Kier molecular flexibility index (Phi) is 2.89. The number of carbonyl (C=O) groups excluding carboxylic acids is 1. The monoisotopic (exact) mass is 269 g/mol. The largest absolute Gasteiger partial charge is 0.325 e. The predicted octanol–water partition coefficient (Wildman–Crippen LogP) is 1.73. The van der Waals surface area contributed by atoms with E-state index in [9.17, 15) is 9.59 Å². The van der Waals surface area contributed by atoms with Crippen LogP contribution in [-0.4, -0.2) is 15.5 Å². The highest BCUT2D eigenvalue weighted by Gasteiger charge is 2.23. The molecule has 102 valence electrons. The third-order valence-corrected chi connectivity index (χ3v) is 3.59. The predicted molar refractivity (Wildman–Crippen MR) is 76.7 cm³/mol. The highest BCUT2D eigenvalue weighted by atomic mass is 16.2. The Morgan fingerprint density at radius 2 is 2.20 bits per heavy atom. The summed E-state index contributed by atoms with van der Waals surface area (Å²) in [6.07, 6.45) is 1.83. The summed E-state index contributed by atoms with van der Waals surface area (Å²) >= 11 is 0. The van der Waals surface area contributed by atoms with Crippen LogP contribution in [0, 0.1) is 6.92 Å². The van der Waals surface area contributed by atoms with Gasteiger partial charge in [0.1, 0.15) is 0 Å². The first-order valence-corrected chi connectivity index (χ1v) is 6.60. The van der Waals surface area contributed by atoms with E-state index in [1.165, 1.54) is 0 Å². The lowest BCUT2D eigenvalue weighted by Gasteiger charge is -2.14. The maximum absolute atomic E-state index is 12.7. The molecule has 0 bridgehead atoms. The Labute approximate surface area is 116 Å². The van der Waals surface area contributed by atoms with E-state index in [4.69, 9.17) is 0 Å². The van der Waals surface area contributed by atoms with Gasteiger partial charge in [0.2, 0.25) is 5.91 Å². The van der Waals surface area contributed by atoms with Crippen LogP contribution in [0.4, 0.5) is 5.69 Å². The highest BCUT2D eigenvalue weighted by Crippen LogP contribution is 2.30. The van der Waals surface area contributed by atoms with Gasteiger partial charge in [-0.1, -0.05) is 6.07 Å². The fraction of sp³-hybridized carbons (Fsp3) is 0.267. The summed E-state index contributed by atoms with van der Waals surface area (Å²) in [4.78, 5) is 28.8. The van der Waals surface area contributed by atoms with Crippen LogP contribution in [0.15, 0.2) is 29.2 Å². The molecule has 0 spiro atoms. The minimum atomic E-state index is -0.142. The van der Waals surface area contributed by atoms with Gasteiger partial charge in [-0.05, 0) is 26.0 Å². The van der Waals surface area contributed by atoms with E-state index < -0.39 is 0 Å². The van der Waals surface area contributed by atoms with E-state index in [2.05, 4.69) is 10.3 Å². The zero-order chi connectivity index (χ0) is 14.3. The molecule has 0 aliphatic carbocycles. The highest BCUT2D eigenvalue weighted by molar-refractivity contribution is 6.00. The second-order valence-corrected chi connectivity index (χ2v) is 4.85. The van der Waals surface area contributed by atoms with E-state index in [1.807, 2.05) is 26.0 Å². The number of carbonyl (C=O) groups is 1. The number of nitrogens with one attached hydrogen (secondary N) is 1. The van der Waals surface area contributed by atoms with E-state index in [0.29, 0.717) is 23.5 Å². The van der Waals surface area contributed by atoms with Crippen molar-refractivity contribution in [2.45, 2.75) is 26.8 Å². The quantitative estimate of drug-likeness (QED) is 0.857. The van der Waals surface area contributed by atoms with Gasteiger partial charge in [0.15, 0.2) is 0 Å². The Balaban J connectivity index is 2.41. The average molecular weight is 269 g/mol. The van der Waals surface area contributed by atoms with Crippen molar-refractivity contribution in [2.24, 2.45) is 0 Å². The molecule has 3 heterocycles. The van der Waals surface area contributed by atoms with Crippen LogP contribution < -0.4 is 10.9 Å². The van der Waals surface area contributed by atoms with E-state index >= 15 is 0 Å². The summed E-state index contributed by atoms with van der Waals surface area (Å²) < 4.78 is 1.70. The molecule has 0 saturated carbocycles. The molecule has 0 unspecified atom stereocenters. The molecule has 2 aromatic rings. The number of rotatable bonds is 1. The van der Waals surface area contributed by atoms with Gasteiger partial charge < -0.3 is 9.88 Å². The second-order valence-electron chi connectivity index (χ2n) is 4.85. The van der Waals surface area contributed by atoms with Gasteiger partial charge in [-0.15, -0.1) is 0 Å². The van der Waals surface area contributed by atoms with Crippen LogP contribution in [0.5, 0.6) is 0 Å². The molecule has 1 amide bonds. The second kappa shape index (κ2) is 4.59. The third-order valence-electron chi connectivity index (χ3n) is 3.59. The molecule has 20 heavy (non-hydrogen) atoms. The minimum Gasteiger partial charge on any atom is -0.325 e. The van der Waals surface area contributed by atoms with Gasteiger partial charge in [0.25, 0.3) is 5.56 Å². The molecule has 0 radical (unpaired) electrons. The van der Waals surface area contributed by atoms with Crippen LogP contribution in [0.25, 0.3) is 11.1 Å². The van der Waals surface area contributed by atoms with Gasteiger partial charge in [-0.2, -0.15) is 0 Å². The summed E-state index contributed by atoms with van der Waals surface area (Å²) in [7, 11) is 0. The molecule has 0 fully saturated rings. The molecule has 5 heteroatoms. The summed E-state index contributed by atoms with van der Waals surface area (Å²) in [6.45, 7) is 4.40. The topological polar surface area (TPSA) is 64.0 Å². The molecule has 0 atom stereocenters. The van der Waals surface area contributed by atoms with Crippen LogP contribution in [0.1, 0.15) is 18.3 Å². The Hall–Kier alpha value is -2.43. The van der Waals surface area contributed by atoms with Crippen molar-refractivity contribution in [1.82, 2.24) is 9.55 Å². The SMILES string of the molecule is CCn1c(C)cc2c(c1=O)-c1cccnc1CC(=O)N2. The summed E-state index contributed by atoms with van der Waals surface area (Å²) in [6, 6.07) is 5.48. The number of hydrogen-bond donors (Lipinski definition) is 1. The molecule has 2 aromatic heterocycles. The first kappa shape index (κ1) is 12.6. The fourth-order valence-corrected chi connectivity index (χ4v) is 2.67. The van der Waals surface area contributed by atoms with E-state index in [0.717, 1.165) is 11.3 Å². The first-order valence-electron chi connectivity index (χ1n) is 6.60. The molecular formula is C15H15N3O2. The van der Waals surface area contributed by atoms with Gasteiger partial charge in [-0.3, -0.25) is 14.6 Å². The molecule has 3 rings (SSSR count). The summed E-state index contributed by atoms with van der Waals surface area (Å²) in [5.74, 6) is -0.142. The molecule has 1 aliphatic heterocycles. The molecular weight excluding hydrogens is 254 g/mol. The smallest absolute Gasteiger partial charge is 0.260 e. The number of amides is 1. The molecule has 0 saturated heterocycles. The van der Waals surface area contributed by atoms with Gasteiger partial charge in [-0.25, -0.2) is 0 Å². The van der Waals surface area contributed by atoms with Gasteiger partial charge in [0, 0.05) is 24.0 Å². The van der Waals surface area contributed by atoms with Gasteiger partial charge in [0.05, 0.1) is 23.4 Å². The Morgan fingerprint density at radius 1 is 1.40 bits per heavy atom. The number of aryl methyl sites for hydroxylation is 1. The van der Waals surface area contributed by atoms with Crippen molar-refractivity contribution in [3.05, 3.63) is 46.1 Å². The third kappa shape index (κ3) is 1.82.